The van der Waals surface area contributed by atoms with Gasteiger partial charge < -0.3 is 14.7 Å². The van der Waals surface area contributed by atoms with E-state index >= 15 is 0 Å². The fourth-order valence-corrected chi connectivity index (χ4v) is 3.71. The van der Waals surface area contributed by atoms with Gasteiger partial charge in [-0.25, -0.2) is 0 Å². The van der Waals surface area contributed by atoms with Crippen molar-refractivity contribution in [2.45, 2.75) is 183 Å². The first-order valence-electron chi connectivity index (χ1n) is 18.3. The van der Waals surface area contributed by atoms with E-state index in [0.29, 0.717) is 24.2 Å². The van der Waals surface area contributed by atoms with Crippen molar-refractivity contribution in [2.24, 2.45) is 47.3 Å². The largest absolute Gasteiger partial charge is 0.343 e. The number of hydrogen-bond donors (Lipinski definition) is 0. The van der Waals surface area contributed by atoms with E-state index in [9.17, 15) is 9.59 Å². The van der Waals surface area contributed by atoms with Gasteiger partial charge >= 0.3 is 0 Å². The van der Waals surface area contributed by atoms with E-state index in [1.54, 1.807) is 9.80 Å². The summed E-state index contributed by atoms with van der Waals surface area (Å²) in [7, 11) is 5.83. The van der Waals surface area contributed by atoms with Crippen LogP contribution in [0.4, 0.5) is 0 Å². The zero-order valence-corrected chi connectivity index (χ0v) is 35.8. The molecule has 0 radical (unpaired) electrons. The third-order valence-corrected chi connectivity index (χ3v) is 8.95. The third kappa shape index (κ3) is 32.6. The smallest absolute Gasteiger partial charge is 0.225 e. The van der Waals surface area contributed by atoms with Crippen molar-refractivity contribution >= 4 is 11.8 Å². The molecule has 276 valence electrons. The van der Waals surface area contributed by atoms with E-state index in [1.807, 2.05) is 69.5 Å². The number of carbonyl (C=O) groups excluding carboxylic acids is 2. The maximum Gasteiger partial charge on any atom is 0.225 e. The molecule has 0 aliphatic heterocycles. The Hall–Kier alpha value is -1.10. The van der Waals surface area contributed by atoms with Crippen LogP contribution in [-0.4, -0.2) is 71.8 Å². The number of hydrogen-bond acceptors (Lipinski definition) is 3. The minimum absolute atomic E-state index is 0.118. The molecule has 0 saturated carbocycles. The minimum atomic E-state index is 0.118. The first-order chi connectivity index (χ1) is 20.1. The highest BCUT2D eigenvalue weighted by Gasteiger charge is 2.15. The molecule has 1 unspecified atom stereocenters. The molecule has 0 aliphatic carbocycles. The fraction of sp³-hybridized carbons (Fsp3) is 0.950. The Bertz CT molecular complexity index is 615. The average molecular weight is 644 g/mol. The lowest BCUT2D eigenvalue weighted by molar-refractivity contribution is -0.135. The maximum absolute atomic E-state index is 11.2. The molecule has 2 amide bonds. The molecule has 0 heterocycles. The Morgan fingerprint density at radius 1 is 0.422 bits per heavy atom. The van der Waals surface area contributed by atoms with E-state index in [0.717, 1.165) is 35.5 Å². The second kappa shape index (κ2) is 29.1. The zero-order valence-electron chi connectivity index (χ0n) is 35.8. The fourth-order valence-electron chi connectivity index (χ4n) is 3.71. The average Bonchev–Trinajstić information content (AvgIpc) is 2.90. The summed E-state index contributed by atoms with van der Waals surface area (Å²) < 4.78 is 0. The van der Waals surface area contributed by atoms with Crippen molar-refractivity contribution in [2.75, 3.05) is 21.1 Å². The molecule has 0 aromatic rings. The molecule has 0 bridgehead atoms. The summed E-state index contributed by atoms with van der Waals surface area (Å²) in [5, 5.41) is 0. The molecule has 0 spiro atoms. The van der Waals surface area contributed by atoms with Gasteiger partial charge in [-0.05, 0) is 104 Å². The van der Waals surface area contributed by atoms with Gasteiger partial charge in [0, 0.05) is 50.1 Å². The lowest BCUT2D eigenvalue weighted by atomic mass is 9.88. The Balaban J connectivity index is -0.000000149. The molecule has 0 rings (SSSR count). The molecule has 5 heteroatoms. The Kier molecular flexibility index (Phi) is 34.5. The molecular formula is C40H89N3O2. The van der Waals surface area contributed by atoms with Crippen LogP contribution >= 0.6 is 0 Å². The van der Waals surface area contributed by atoms with Crippen LogP contribution in [0.15, 0.2) is 0 Å². The molecular weight excluding hydrogens is 554 g/mol. The van der Waals surface area contributed by atoms with E-state index in [4.69, 9.17) is 0 Å². The summed E-state index contributed by atoms with van der Waals surface area (Å²) in [5.41, 5.74) is 0. The van der Waals surface area contributed by atoms with Crippen molar-refractivity contribution in [3.8, 4) is 0 Å². The molecule has 0 N–H and O–H groups in total. The number of rotatable bonds is 11. The quantitative estimate of drug-likeness (QED) is 0.225. The van der Waals surface area contributed by atoms with Gasteiger partial charge in [0.2, 0.25) is 11.8 Å². The van der Waals surface area contributed by atoms with Crippen LogP contribution in [0.3, 0.4) is 0 Å². The number of nitrogens with zero attached hydrogens (tertiary/aromatic N) is 3. The van der Waals surface area contributed by atoms with Gasteiger partial charge in [0.05, 0.1) is 0 Å². The molecule has 0 fully saturated rings. The topological polar surface area (TPSA) is 43.9 Å². The highest BCUT2D eigenvalue weighted by Crippen LogP contribution is 2.19. The molecule has 0 aliphatic rings. The first-order valence-corrected chi connectivity index (χ1v) is 18.3. The Labute approximate surface area is 287 Å². The number of carbonyl (C=O) groups is 2. The molecule has 0 aromatic carbocycles. The Morgan fingerprint density at radius 2 is 0.689 bits per heavy atom. The SMILES string of the molecule is CC(C)C(=O)N(C)C(C)C.CC(C)C(=O)N(C)C(C)C.CC(C)C(C)C(C)C.CC(C)CC(C)C(C)C.CC(C)N(C)C(C)C. The third-order valence-electron chi connectivity index (χ3n) is 8.95. The summed E-state index contributed by atoms with van der Waals surface area (Å²) in [5.74, 6) is 5.84. The molecule has 5 nitrogen and oxygen atoms in total. The predicted octanol–water partition coefficient (Wildman–Crippen LogP) is 11.0. The highest BCUT2D eigenvalue weighted by molar-refractivity contribution is 5.78. The van der Waals surface area contributed by atoms with Gasteiger partial charge in [0.25, 0.3) is 0 Å². The van der Waals surface area contributed by atoms with Crippen LogP contribution in [0.2, 0.25) is 0 Å². The van der Waals surface area contributed by atoms with Crippen LogP contribution in [-0.2, 0) is 9.59 Å². The van der Waals surface area contributed by atoms with Crippen LogP contribution in [0.25, 0.3) is 0 Å². The normalized spacial score (nSPS) is 12.0. The first kappa shape index (κ1) is 53.4. The van der Waals surface area contributed by atoms with Crippen LogP contribution in [0.5, 0.6) is 0 Å². The second-order valence-corrected chi connectivity index (χ2v) is 16.4. The van der Waals surface area contributed by atoms with Crippen molar-refractivity contribution in [3.05, 3.63) is 0 Å². The van der Waals surface area contributed by atoms with Crippen LogP contribution in [0.1, 0.15) is 159 Å². The monoisotopic (exact) mass is 644 g/mol. The van der Waals surface area contributed by atoms with Gasteiger partial charge in [-0.2, -0.15) is 0 Å². The minimum Gasteiger partial charge on any atom is -0.343 e. The van der Waals surface area contributed by atoms with Gasteiger partial charge in [-0.1, -0.05) is 96.9 Å². The summed E-state index contributed by atoms with van der Waals surface area (Å²) in [4.78, 5) is 28.3. The maximum atomic E-state index is 11.2. The van der Waals surface area contributed by atoms with Gasteiger partial charge in [0.15, 0.2) is 0 Å². The summed E-state index contributed by atoms with van der Waals surface area (Å²) in [6.45, 7) is 47.5. The standard InChI is InChI=1S/C9H20.2C8H17NO.C8H18.C7H17N/c1-7(2)6-9(5)8(3)4;2*1-6(2)8(10)9(5)7(3)4;2*1-6(2)8(5)7(3)4/h7-9H,6H2,1-5H3;2*6-7H,1-5H3;6-8H,1-5H3;6-7H,1-5H3. The van der Waals surface area contributed by atoms with E-state index in [-0.39, 0.29) is 23.7 Å². The second-order valence-electron chi connectivity index (χ2n) is 16.4. The van der Waals surface area contributed by atoms with E-state index in [1.165, 1.54) is 6.42 Å². The summed E-state index contributed by atoms with van der Waals surface area (Å²) in [6, 6.07) is 1.98. The van der Waals surface area contributed by atoms with Gasteiger partial charge in [0.1, 0.15) is 0 Å². The van der Waals surface area contributed by atoms with Gasteiger partial charge in [-0.3, -0.25) is 9.59 Å². The van der Waals surface area contributed by atoms with Crippen molar-refractivity contribution in [1.29, 1.82) is 0 Å². The zero-order chi connectivity index (χ0) is 37.5. The molecule has 1 atom stereocenters. The van der Waals surface area contributed by atoms with Crippen molar-refractivity contribution < 1.29 is 9.59 Å². The van der Waals surface area contributed by atoms with Crippen molar-refractivity contribution in [3.63, 3.8) is 0 Å². The lowest BCUT2D eigenvalue weighted by Gasteiger charge is -2.24. The lowest BCUT2D eigenvalue weighted by Crippen LogP contribution is -2.35. The van der Waals surface area contributed by atoms with E-state index in [2.05, 4.69) is 109 Å². The molecule has 0 saturated heterocycles. The summed E-state index contributed by atoms with van der Waals surface area (Å²) in [6.07, 6.45) is 1.37. The summed E-state index contributed by atoms with van der Waals surface area (Å²) >= 11 is 0. The van der Waals surface area contributed by atoms with Crippen molar-refractivity contribution in [1.82, 2.24) is 14.7 Å². The molecule has 45 heavy (non-hydrogen) atoms. The van der Waals surface area contributed by atoms with Crippen LogP contribution in [0, 0.1) is 47.3 Å². The van der Waals surface area contributed by atoms with Gasteiger partial charge in [-0.15, -0.1) is 0 Å². The predicted molar refractivity (Wildman–Crippen MR) is 206 cm³/mol. The molecule has 0 aromatic heterocycles. The highest BCUT2D eigenvalue weighted by atomic mass is 16.2. The van der Waals surface area contributed by atoms with Crippen LogP contribution < -0.4 is 0 Å². The van der Waals surface area contributed by atoms with E-state index < -0.39 is 0 Å². The number of amides is 2. The Morgan fingerprint density at radius 3 is 0.733 bits per heavy atom.